The lowest BCUT2D eigenvalue weighted by molar-refractivity contribution is -0.238. The number of likely N-dealkylation sites (tertiary alicyclic amines) is 1. The van der Waals surface area contributed by atoms with Gasteiger partial charge in [-0.1, -0.05) is 0 Å². The smallest absolute Gasteiger partial charge is 0.165 e. The van der Waals surface area contributed by atoms with Crippen molar-refractivity contribution < 1.29 is 10.2 Å². The van der Waals surface area contributed by atoms with Crippen molar-refractivity contribution in [3.05, 3.63) is 0 Å². The first kappa shape index (κ1) is 11.0. The number of nitrogens with zero attached hydrogens (tertiary/aromatic N) is 1. The van der Waals surface area contributed by atoms with Gasteiger partial charge in [-0.25, -0.2) is 0 Å². The van der Waals surface area contributed by atoms with Crippen LogP contribution in [0, 0.1) is 0 Å². The predicted molar refractivity (Wildman–Crippen MR) is 52.3 cm³/mol. The molecular formula is C10H21NO2. The van der Waals surface area contributed by atoms with Crippen molar-refractivity contribution in [1.29, 1.82) is 0 Å². The van der Waals surface area contributed by atoms with Gasteiger partial charge in [0.2, 0.25) is 0 Å². The lowest BCUT2D eigenvalue weighted by Gasteiger charge is -2.54. The van der Waals surface area contributed by atoms with Crippen molar-refractivity contribution in [2.45, 2.75) is 57.4 Å². The quantitative estimate of drug-likeness (QED) is 0.555. The highest BCUT2D eigenvalue weighted by Crippen LogP contribution is 2.40. The second-order valence-electron chi connectivity index (χ2n) is 5.52. The minimum atomic E-state index is -1.51. The van der Waals surface area contributed by atoms with Gasteiger partial charge in [-0.3, -0.25) is 4.90 Å². The van der Waals surface area contributed by atoms with Crippen LogP contribution in [0.1, 0.15) is 40.5 Å². The topological polar surface area (TPSA) is 43.7 Å². The lowest BCUT2D eigenvalue weighted by Crippen LogP contribution is -2.63. The third kappa shape index (κ3) is 2.03. The van der Waals surface area contributed by atoms with E-state index in [1.54, 1.807) is 0 Å². The average Bonchev–Trinajstić information content (AvgIpc) is 1.77. The van der Waals surface area contributed by atoms with Gasteiger partial charge in [-0.05, 0) is 34.7 Å². The second-order valence-corrected chi connectivity index (χ2v) is 5.52. The van der Waals surface area contributed by atoms with E-state index in [9.17, 15) is 10.2 Å². The molecule has 3 nitrogen and oxygen atoms in total. The molecule has 0 saturated carbocycles. The number of hydrogen-bond acceptors (Lipinski definition) is 3. The summed E-state index contributed by atoms with van der Waals surface area (Å²) in [5, 5.41) is 19.4. The fourth-order valence-corrected chi connectivity index (χ4v) is 2.50. The molecule has 1 saturated heterocycles. The standard InChI is InChI=1S/C10H21NO2/c1-8(2)6-10(12,13)7-9(3,4)11(8)5/h12-13H,6-7H2,1-5H3. The first-order valence-corrected chi connectivity index (χ1v) is 4.76. The summed E-state index contributed by atoms with van der Waals surface area (Å²) in [6, 6.07) is 0. The van der Waals surface area contributed by atoms with Crippen LogP contribution in [0.5, 0.6) is 0 Å². The summed E-state index contributed by atoms with van der Waals surface area (Å²) in [6.45, 7) is 8.15. The van der Waals surface area contributed by atoms with Gasteiger partial charge in [0.05, 0.1) is 0 Å². The molecule has 1 fully saturated rings. The van der Waals surface area contributed by atoms with Crippen molar-refractivity contribution in [2.75, 3.05) is 7.05 Å². The van der Waals surface area contributed by atoms with Crippen LogP contribution in [-0.4, -0.2) is 39.0 Å². The normalized spacial score (nSPS) is 31.6. The molecule has 0 aliphatic carbocycles. The Morgan fingerprint density at radius 2 is 1.23 bits per heavy atom. The van der Waals surface area contributed by atoms with E-state index in [2.05, 4.69) is 4.90 Å². The molecule has 0 spiro atoms. The van der Waals surface area contributed by atoms with Gasteiger partial charge in [-0.15, -0.1) is 0 Å². The second kappa shape index (κ2) is 2.69. The van der Waals surface area contributed by atoms with E-state index in [1.807, 2.05) is 34.7 Å². The van der Waals surface area contributed by atoms with Crippen molar-refractivity contribution in [1.82, 2.24) is 4.90 Å². The van der Waals surface area contributed by atoms with Crippen LogP contribution in [0.15, 0.2) is 0 Å². The van der Waals surface area contributed by atoms with E-state index in [-0.39, 0.29) is 11.1 Å². The number of piperidine rings is 1. The molecule has 3 heteroatoms. The van der Waals surface area contributed by atoms with Crippen molar-refractivity contribution in [3.63, 3.8) is 0 Å². The van der Waals surface area contributed by atoms with Crippen LogP contribution in [-0.2, 0) is 0 Å². The van der Waals surface area contributed by atoms with Crippen LogP contribution in [0.2, 0.25) is 0 Å². The van der Waals surface area contributed by atoms with Gasteiger partial charge in [0.1, 0.15) is 0 Å². The Morgan fingerprint density at radius 1 is 0.923 bits per heavy atom. The fourth-order valence-electron chi connectivity index (χ4n) is 2.50. The van der Waals surface area contributed by atoms with Gasteiger partial charge >= 0.3 is 0 Å². The highest BCUT2D eigenvalue weighted by atomic mass is 16.5. The first-order chi connectivity index (χ1) is 5.57. The SMILES string of the molecule is CN1C(C)(C)CC(O)(O)CC1(C)C. The van der Waals surface area contributed by atoms with Crippen LogP contribution in [0.25, 0.3) is 0 Å². The third-order valence-electron chi connectivity index (χ3n) is 3.25. The van der Waals surface area contributed by atoms with Crippen LogP contribution < -0.4 is 0 Å². The van der Waals surface area contributed by atoms with E-state index in [0.29, 0.717) is 12.8 Å². The molecule has 1 rings (SSSR count). The minimum Gasteiger partial charge on any atom is -0.365 e. The van der Waals surface area contributed by atoms with E-state index < -0.39 is 5.79 Å². The van der Waals surface area contributed by atoms with Gasteiger partial charge in [0.25, 0.3) is 0 Å². The van der Waals surface area contributed by atoms with E-state index in [1.165, 1.54) is 0 Å². The number of hydrogen-bond donors (Lipinski definition) is 2. The predicted octanol–water partition coefficient (Wildman–Crippen LogP) is 0.950. The van der Waals surface area contributed by atoms with Crippen molar-refractivity contribution in [2.24, 2.45) is 0 Å². The molecule has 0 aromatic heterocycles. The Hall–Kier alpha value is -0.120. The Bertz CT molecular complexity index is 189. The maximum atomic E-state index is 9.69. The molecule has 13 heavy (non-hydrogen) atoms. The highest BCUT2D eigenvalue weighted by molar-refractivity contribution is 5.00. The maximum Gasteiger partial charge on any atom is 0.165 e. The first-order valence-electron chi connectivity index (χ1n) is 4.76. The fraction of sp³-hybridized carbons (Fsp3) is 1.00. The Balaban J connectivity index is 2.96. The lowest BCUT2D eigenvalue weighted by atomic mass is 9.77. The molecule has 1 aliphatic heterocycles. The largest absolute Gasteiger partial charge is 0.365 e. The summed E-state index contributed by atoms with van der Waals surface area (Å²) in [5.74, 6) is -1.51. The van der Waals surface area contributed by atoms with Gasteiger partial charge < -0.3 is 10.2 Å². The Morgan fingerprint density at radius 3 is 1.54 bits per heavy atom. The van der Waals surface area contributed by atoms with Gasteiger partial charge in [0.15, 0.2) is 5.79 Å². The number of rotatable bonds is 0. The molecule has 1 aliphatic rings. The van der Waals surface area contributed by atoms with Gasteiger partial charge in [-0.2, -0.15) is 0 Å². The summed E-state index contributed by atoms with van der Waals surface area (Å²) in [4.78, 5) is 2.21. The van der Waals surface area contributed by atoms with Crippen LogP contribution in [0.4, 0.5) is 0 Å². The summed E-state index contributed by atoms with van der Waals surface area (Å²) >= 11 is 0. The van der Waals surface area contributed by atoms with Crippen LogP contribution in [0.3, 0.4) is 0 Å². The molecule has 1 heterocycles. The summed E-state index contributed by atoms with van der Waals surface area (Å²) in [5.41, 5.74) is -0.323. The highest BCUT2D eigenvalue weighted by Gasteiger charge is 2.49. The maximum absolute atomic E-state index is 9.69. The summed E-state index contributed by atoms with van der Waals surface area (Å²) < 4.78 is 0. The summed E-state index contributed by atoms with van der Waals surface area (Å²) in [6.07, 6.45) is 0.805. The monoisotopic (exact) mass is 187 g/mol. The molecule has 0 atom stereocenters. The zero-order chi connectivity index (χ0) is 10.5. The van der Waals surface area contributed by atoms with E-state index in [4.69, 9.17) is 0 Å². The molecule has 2 N–H and O–H groups in total. The molecule has 0 aromatic rings. The molecule has 0 amide bonds. The molecule has 0 unspecified atom stereocenters. The molecule has 0 aromatic carbocycles. The average molecular weight is 187 g/mol. The van der Waals surface area contributed by atoms with Crippen molar-refractivity contribution in [3.8, 4) is 0 Å². The van der Waals surface area contributed by atoms with Gasteiger partial charge in [0, 0.05) is 23.9 Å². The number of aliphatic hydroxyl groups is 2. The van der Waals surface area contributed by atoms with E-state index in [0.717, 1.165) is 0 Å². The third-order valence-corrected chi connectivity index (χ3v) is 3.25. The minimum absolute atomic E-state index is 0.161. The molecular weight excluding hydrogens is 166 g/mol. The molecule has 0 radical (unpaired) electrons. The zero-order valence-electron chi connectivity index (χ0n) is 9.26. The zero-order valence-corrected chi connectivity index (χ0v) is 9.26. The molecule has 78 valence electrons. The Kier molecular flexibility index (Phi) is 2.26. The van der Waals surface area contributed by atoms with Crippen LogP contribution >= 0.6 is 0 Å². The Labute approximate surface area is 80.4 Å². The van der Waals surface area contributed by atoms with E-state index >= 15 is 0 Å². The molecule has 0 bridgehead atoms. The summed E-state index contributed by atoms with van der Waals surface area (Å²) in [7, 11) is 2.04. The van der Waals surface area contributed by atoms with Crippen molar-refractivity contribution >= 4 is 0 Å².